The van der Waals surface area contributed by atoms with Crippen LogP contribution in [0.4, 0.5) is 5.69 Å². The van der Waals surface area contributed by atoms with Gasteiger partial charge in [0.15, 0.2) is 0 Å². The molecule has 0 aliphatic heterocycles. The van der Waals surface area contributed by atoms with Crippen molar-refractivity contribution < 1.29 is 0 Å². The average Bonchev–Trinajstić information content (AvgIpc) is 2.96. The van der Waals surface area contributed by atoms with E-state index >= 15 is 0 Å². The second kappa shape index (κ2) is 5.20. The van der Waals surface area contributed by atoms with E-state index in [-0.39, 0.29) is 0 Å². The summed E-state index contributed by atoms with van der Waals surface area (Å²) in [5.74, 6) is 0. The first-order chi connectivity index (χ1) is 9.33. The van der Waals surface area contributed by atoms with Crippen LogP contribution < -0.4 is 5.73 Å². The monoisotopic (exact) mass is 267 g/mol. The molecule has 0 saturated carbocycles. The second-order valence-corrected chi connectivity index (χ2v) is 5.20. The van der Waals surface area contributed by atoms with E-state index in [1.54, 1.807) is 22.6 Å². The molecule has 1 aromatic heterocycles. The summed E-state index contributed by atoms with van der Waals surface area (Å²) < 4.78 is 1.80. The van der Waals surface area contributed by atoms with Crippen molar-refractivity contribution in [2.75, 3.05) is 5.73 Å². The Kier molecular flexibility index (Phi) is 3.25. The van der Waals surface area contributed by atoms with Crippen LogP contribution >= 0.6 is 11.8 Å². The Morgan fingerprint density at radius 3 is 2.53 bits per heavy atom. The molecule has 1 heterocycles. The number of rotatable bonds is 3. The highest BCUT2D eigenvalue weighted by Gasteiger charge is 2.04. The zero-order valence-corrected chi connectivity index (χ0v) is 11.0. The molecular formula is C15H13N3S. The molecule has 94 valence electrons. The van der Waals surface area contributed by atoms with Gasteiger partial charge in [0.1, 0.15) is 0 Å². The summed E-state index contributed by atoms with van der Waals surface area (Å²) in [4.78, 5) is 2.24. The number of benzene rings is 2. The summed E-state index contributed by atoms with van der Waals surface area (Å²) in [6, 6.07) is 18.1. The number of nitrogens with zero attached hydrogens (tertiary/aromatic N) is 2. The van der Waals surface area contributed by atoms with Crippen LogP contribution in [-0.4, -0.2) is 9.78 Å². The van der Waals surface area contributed by atoms with Crippen molar-refractivity contribution in [2.45, 2.75) is 9.79 Å². The third-order valence-electron chi connectivity index (χ3n) is 2.73. The molecule has 4 heteroatoms. The van der Waals surface area contributed by atoms with Gasteiger partial charge in [-0.2, -0.15) is 5.10 Å². The van der Waals surface area contributed by atoms with Crippen LogP contribution in [0, 0.1) is 0 Å². The van der Waals surface area contributed by atoms with Gasteiger partial charge in [0.2, 0.25) is 0 Å². The van der Waals surface area contributed by atoms with Gasteiger partial charge in [-0.25, -0.2) is 4.68 Å². The minimum atomic E-state index is 0.766. The van der Waals surface area contributed by atoms with E-state index in [0.29, 0.717) is 0 Å². The van der Waals surface area contributed by atoms with Crippen LogP contribution in [0.2, 0.25) is 0 Å². The van der Waals surface area contributed by atoms with Crippen molar-refractivity contribution in [1.82, 2.24) is 9.78 Å². The van der Waals surface area contributed by atoms with E-state index in [0.717, 1.165) is 16.3 Å². The van der Waals surface area contributed by atoms with Crippen molar-refractivity contribution in [3.05, 3.63) is 67.0 Å². The van der Waals surface area contributed by atoms with Gasteiger partial charge in [0, 0.05) is 27.9 Å². The third-order valence-corrected chi connectivity index (χ3v) is 3.83. The van der Waals surface area contributed by atoms with E-state index in [1.807, 2.05) is 48.7 Å². The first-order valence-electron chi connectivity index (χ1n) is 5.95. The van der Waals surface area contributed by atoms with Crippen LogP contribution in [0.5, 0.6) is 0 Å². The first kappa shape index (κ1) is 11.9. The third kappa shape index (κ3) is 2.63. The fourth-order valence-electron chi connectivity index (χ4n) is 1.81. The molecule has 0 fully saturated rings. The van der Waals surface area contributed by atoms with Gasteiger partial charge in [-0.05, 0) is 36.4 Å². The van der Waals surface area contributed by atoms with E-state index in [4.69, 9.17) is 5.73 Å². The predicted molar refractivity (Wildman–Crippen MR) is 78.5 cm³/mol. The fraction of sp³-hybridized carbons (Fsp3) is 0. The molecule has 0 saturated heterocycles. The first-order valence-corrected chi connectivity index (χ1v) is 6.77. The smallest absolute Gasteiger partial charge is 0.0666 e. The molecule has 2 aromatic carbocycles. The van der Waals surface area contributed by atoms with Gasteiger partial charge in [0.25, 0.3) is 0 Å². The van der Waals surface area contributed by atoms with E-state index in [1.165, 1.54) is 4.90 Å². The minimum Gasteiger partial charge on any atom is -0.398 e. The molecule has 0 bridgehead atoms. The second-order valence-electron chi connectivity index (χ2n) is 4.09. The predicted octanol–water partition coefficient (Wildman–Crippen LogP) is 3.61. The standard InChI is InChI=1S/C15H13N3S/c16-14-11-12(18-10-4-9-17-18)7-8-15(14)19-13-5-2-1-3-6-13/h1-11H,16H2. The molecule has 0 spiro atoms. The Hall–Kier alpha value is -2.20. The topological polar surface area (TPSA) is 43.8 Å². The maximum atomic E-state index is 6.11. The highest BCUT2D eigenvalue weighted by molar-refractivity contribution is 7.99. The quantitative estimate of drug-likeness (QED) is 0.737. The molecule has 3 rings (SSSR count). The van der Waals surface area contributed by atoms with Crippen LogP contribution in [0.1, 0.15) is 0 Å². The molecule has 0 radical (unpaired) electrons. The normalized spacial score (nSPS) is 10.5. The zero-order chi connectivity index (χ0) is 13.1. The van der Waals surface area contributed by atoms with Crippen LogP contribution in [0.25, 0.3) is 5.69 Å². The Morgan fingerprint density at radius 1 is 1.00 bits per heavy atom. The number of nitrogens with two attached hydrogens (primary N) is 1. The highest BCUT2D eigenvalue weighted by Crippen LogP contribution is 2.32. The van der Waals surface area contributed by atoms with Gasteiger partial charge in [0.05, 0.1) is 5.69 Å². The van der Waals surface area contributed by atoms with Crippen molar-refractivity contribution in [3.63, 3.8) is 0 Å². The lowest BCUT2D eigenvalue weighted by Gasteiger charge is -2.08. The maximum absolute atomic E-state index is 6.11. The van der Waals surface area contributed by atoms with Crippen LogP contribution in [0.15, 0.2) is 76.8 Å². The van der Waals surface area contributed by atoms with Crippen LogP contribution in [0.3, 0.4) is 0 Å². The van der Waals surface area contributed by atoms with Crippen LogP contribution in [-0.2, 0) is 0 Å². The van der Waals surface area contributed by atoms with Gasteiger partial charge in [-0.15, -0.1) is 0 Å². The summed E-state index contributed by atoms with van der Waals surface area (Å²) >= 11 is 1.67. The molecule has 3 aromatic rings. The van der Waals surface area contributed by atoms with Crippen molar-refractivity contribution in [1.29, 1.82) is 0 Å². The highest BCUT2D eigenvalue weighted by atomic mass is 32.2. The molecule has 0 atom stereocenters. The molecule has 3 nitrogen and oxygen atoms in total. The SMILES string of the molecule is Nc1cc(-n2cccn2)ccc1Sc1ccccc1. The summed E-state index contributed by atoms with van der Waals surface area (Å²) in [6.07, 6.45) is 3.65. The van der Waals surface area contributed by atoms with Gasteiger partial charge in [-0.1, -0.05) is 30.0 Å². The van der Waals surface area contributed by atoms with E-state index in [9.17, 15) is 0 Å². The molecule has 19 heavy (non-hydrogen) atoms. The number of anilines is 1. The van der Waals surface area contributed by atoms with E-state index < -0.39 is 0 Å². The lowest BCUT2D eigenvalue weighted by atomic mass is 10.3. The summed E-state index contributed by atoms with van der Waals surface area (Å²) in [5.41, 5.74) is 7.85. The van der Waals surface area contributed by atoms with Gasteiger partial charge >= 0.3 is 0 Å². The number of nitrogen functional groups attached to an aromatic ring is 1. The molecule has 0 aliphatic rings. The average molecular weight is 267 g/mol. The number of aromatic nitrogens is 2. The Bertz CT molecular complexity index is 663. The van der Waals surface area contributed by atoms with Gasteiger partial charge in [-0.3, -0.25) is 0 Å². The van der Waals surface area contributed by atoms with E-state index in [2.05, 4.69) is 17.2 Å². The molecular weight excluding hydrogens is 254 g/mol. The van der Waals surface area contributed by atoms with Crippen molar-refractivity contribution >= 4 is 17.4 Å². The number of hydrogen-bond donors (Lipinski definition) is 1. The Balaban J connectivity index is 1.88. The van der Waals surface area contributed by atoms with Crippen molar-refractivity contribution in [3.8, 4) is 5.69 Å². The molecule has 0 aliphatic carbocycles. The van der Waals surface area contributed by atoms with Crippen molar-refractivity contribution in [2.24, 2.45) is 0 Å². The Morgan fingerprint density at radius 2 is 1.84 bits per heavy atom. The van der Waals surface area contributed by atoms with Gasteiger partial charge < -0.3 is 5.73 Å². The lowest BCUT2D eigenvalue weighted by molar-refractivity contribution is 0.880. The lowest BCUT2D eigenvalue weighted by Crippen LogP contribution is -1.97. The molecule has 0 amide bonds. The minimum absolute atomic E-state index is 0.766. The summed E-state index contributed by atoms with van der Waals surface area (Å²) in [7, 11) is 0. The zero-order valence-electron chi connectivity index (χ0n) is 10.2. The molecule has 0 unspecified atom stereocenters. The largest absolute Gasteiger partial charge is 0.398 e. The fourth-order valence-corrected chi connectivity index (χ4v) is 2.67. The summed E-state index contributed by atoms with van der Waals surface area (Å²) in [5, 5.41) is 4.20. The number of hydrogen-bond acceptors (Lipinski definition) is 3. The summed E-state index contributed by atoms with van der Waals surface area (Å²) in [6.45, 7) is 0. The molecule has 2 N–H and O–H groups in total. The Labute approximate surface area is 116 Å². The maximum Gasteiger partial charge on any atom is 0.0666 e.